The molecule has 4 nitrogen and oxygen atoms in total. The normalized spacial score (nSPS) is 23.7. The maximum Gasteiger partial charge on any atom is 0.308 e. The van der Waals surface area contributed by atoms with Crippen LogP contribution in [0.4, 0.5) is 0 Å². The second-order valence-corrected chi connectivity index (χ2v) is 7.64. The Morgan fingerprint density at radius 1 is 1.22 bits per heavy atom. The van der Waals surface area contributed by atoms with E-state index in [2.05, 4.69) is 15.9 Å². The third kappa shape index (κ3) is 3.16. The molecule has 1 heterocycles. The quantitative estimate of drug-likeness (QED) is 0.872. The summed E-state index contributed by atoms with van der Waals surface area (Å²) >= 11 is 3.50. The van der Waals surface area contributed by atoms with Gasteiger partial charge in [-0.05, 0) is 43.4 Å². The highest BCUT2D eigenvalue weighted by Crippen LogP contribution is 2.43. The van der Waals surface area contributed by atoms with Gasteiger partial charge in [0, 0.05) is 17.6 Å². The lowest BCUT2D eigenvalue weighted by atomic mass is 9.77. The number of benzene rings is 1. The molecule has 0 radical (unpaired) electrons. The number of amides is 1. The second kappa shape index (κ2) is 6.63. The number of carbonyl (C=O) groups is 2. The summed E-state index contributed by atoms with van der Waals surface area (Å²) in [6, 6.07) is 8.02. The molecule has 1 N–H and O–H groups in total. The van der Waals surface area contributed by atoms with Gasteiger partial charge in [0.2, 0.25) is 5.91 Å². The number of halogens is 1. The number of likely N-dealkylation sites (tertiary alicyclic amines) is 1. The molecule has 0 unspecified atom stereocenters. The monoisotopic (exact) mass is 379 g/mol. The molecule has 1 aromatic carbocycles. The van der Waals surface area contributed by atoms with Crippen molar-refractivity contribution in [2.75, 3.05) is 13.1 Å². The van der Waals surface area contributed by atoms with Gasteiger partial charge < -0.3 is 10.0 Å². The van der Waals surface area contributed by atoms with Crippen LogP contribution in [0.3, 0.4) is 0 Å². The Bertz CT molecular complexity index is 610. The van der Waals surface area contributed by atoms with Crippen molar-refractivity contribution in [3.05, 3.63) is 34.3 Å². The largest absolute Gasteiger partial charge is 0.481 e. The third-order valence-electron chi connectivity index (χ3n) is 5.30. The van der Waals surface area contributed by atoms with E-state index in [1.165, 1.54) is 0 Å². The Labute approximate surface area is 145 Å². The number of carbonyl (C=O) groups excluding carboxylic acids is 1. The standard InChI is InChI=1S/C18H22BrNO3/c19-15-7-3-6-14(11-15)18(8-1-2-9-18)17(23)20-10-4-5-13(12-20)16(21)22/h3,6-7,11,13H,1-2,4-5,8-10,12H2,(H,21,22)/t13-/m0/s1. The van der Waals surface area contributed by atoms with Crippen LogP contribution in [0.1, 0.15) is 44.1 Å². The van der Waals surface area contributed by atoms with Gasteiger partial charge >= 0.3 is 5.97 Å². The van der Waals surface area contributed by atoms with Gasteiger partial charge in [-0.2, -0.15) is 0 Å². The van der Waals surface area contributed by atoms with E-state index in [0.717, 1.165) is 42.1 Å². The van der Waals surface area contributed by atoms with E-state index in [9.17, 15) is 14.7 Å². The second-order valence-electron chi connectivity index (χ2n) is 6.73. The van der Waals surface area contributed by atoms with Crippen LogP contribution in [0.5, 0.6) is 0 Å². The number of hydrogen-bond donors (Lipinski definition) is 1. The van der Waals surface area contributed by atoms with Crippen molar-refractivity contribution >= 4 is 27.8 Å². The minimum Gasteiger partial charge on any atom is -0.481 e. The first-order chi connectivity index (χ1) is 11.0. The van der Waals surface area contributed by atoms with Gasteiger partial charge in [-0.15, -0.1) is 0 Å². The molecule has 1 aliphatic heterocycles. The molecular formula is C18H22BrNO3. The van der Waals surface area contributed by atoms with E-state index in [1.807, 2.05) is 24.3 Å². The average molecular weight is 380 g/mol. The maximum atomic E-state index is 13.3. The summed E-state index contributed by atoms with van der Waals surface area (Å²) in [5.74, 6) is -1.09. The Morgan fingerprint density at radius 2 is 1.96 bits per heavy atom. The Balaban J connectivity index is 1.89. The Hall–Kier alpha value is -1.36. The first-order valence-electron chi connectivity index (χ1n) is 8.31. The number of carboxylic acid groups (broad SMARTS) is 1. The number of aliphatic carboxylic acids is 1. The van der Waals surface area contributed by atoms with Crippen LogP contribution < -0.4 is 0 Å². The Morgan fingerprint density at radius 3 is 2.61 bits per heavy atom. The summed E-state index contributed by atoms with van der Waals surface area (Å²) in [6.45, 7) is 1.03. The van der Waals surface area contributed by atoms with Crippen molar-refractivity contribution in [2.45, 2.75) is 43.9 Å². The highest BCUT2D eigenvalue weighted by Gasteiger charge is 2.46. The van der Waals surface area contributed by atoms with Crippen molar-refractivity contribution in [1.29, 1.82) is 0 Å². The van der Waals surface area contributed by atoms with Crippen molar-refractivity contribution in [2.24, 2.45) is 5.92 Å². The SMILES string of the molecule is O=C(O)[C@H]1CCCN(C(=O)C2(c3cccc(Br)c3)CCCC2)C1. The molecule has 1 saturated carbocycles. The summed E-state index contributed by atoms with van der Waals surface area (Å²) in [7, 11) is 0. The first-order valence-corrected chi connectivity index (χ1v) is 9.10. The van der Waals surface area contributed by atoms with Gasteiger partial charge in [0.25, 0.3) is 0 Å². The molecule has 1 aliphatic carbocycles. The van der Waals surface area contributed by atoms with Crippen molar-refractivity contribution < 1.29 is 14.7 Å². The fourth-order valence-electron chi connectivity index (χ4n) is 4.06. The van der Waals surface area contributed by atoms with Crippen LogP contribution in [-0.2, 0) is 15.0 Å². The fourth-order valence-corrected chi connectivity index (χ4v) is 4.46. The van der Waals surface area contributed by atoms with Gasteiger partial charge in [-0.25, -0.2) is 0 Å². The third-order valence-corrected chi connectivity index (χ3v) is 5.79. The predicted molar refractivity (Wildman–Crippen MR) is 91.2 cm³/mol. The van der Waals surface area contributed by atoms with Gasteiger partial charge in [0.1, 0.15) is 0 Å². The predicted octanol–water partition coefficient (Wildman–Crippen LogP) is 3.58. The number of rotatable bonds is 3. The molecule has 1 aromatic rings. The zero-order valence-corrected chi connectivity index (χ0v) is 14.7. The van der Waals surface area contributed by atoms with Gasteiger partial charge in [-0.1, -0.05) is 40.9 Å². The number of nitrogens with zero attached hydrogens (tertiary/aromatic N) is 1. The van der Waals surface area contributed by atoms with Crippen LogP contribution in [0.2, 0.25) is 0 Å². The maximum absolute atomic E-state index is 13.3. The highest BCUT2D eigenvalue weighted by molar-refractivity contribution is 9.10. The molecule has 1 saturated heterocycles. The van der Waals surface area contributed by atoms with E-state index in [4.69, 9.17) is 0 Å². The van der Waals surface area contributed by atoms with Crippen LogP contribution in [0.25, 0.3) is 0 Å². The lowest BCUT2D eigenvalue weighted by Gasteiger charge is -2.38. The fraction of sp³-hybridized carbons (Fsp3) is 0.556. The molecule has 0 bridgehead atoms. The minimum atomic E-state index is -0.787. The van der Waals surface area contributed by atoms with Crippen LogP contribution in [-0.4, -0.2) is 35.0 Å². The van der Waals surface area contributed by atoms with Crippen LogP contribution in [0.15, 0.2) is 28.7 Å². The smallest absolute Gasteiger partial charge is 0.308 e. The molecule has 0 aromatic heterocycles. The van der Waals surface area contributed by atoms with E-state index < -0.39 is 17.3 Å². The molecule has 2 fully saturated rings. The molecule has 0 spiro atoms. The molecule has 5 heteroatoms. The van der Waals surface area contributed by atoms with Gasteiger partial charge in [0.15, 0.2) is 0 Å². The lowest BCUT2D eigenvalue weighted by molar-refractivity contribution is -0.147. The Kier molecular flexibility index (Phi) is 4.76. The summed E-state index contributed by atoms with van der Waals surface area (Å²) in [5.41, 5.74) is 0.594. The van der Waals surface area contributed by atoms with Crippen LogP contribution >= 0.6 is 15.9 Å². The molecular weight excluding hydrogens is 358 g/mol. The first kappa shape index (κ1) is 16.5. The highest BCUT2D eigenvalue weighted by atomic mass is 79.9. The van der Waals surface area contributed by atoms with Crippen molar-refractivity contribution in [3.8, 4) is 0 Å². The number of carboxylic acids is 1. The summed E-state index contributed by atoms with van der Waals surface area (Å²) in [6.07, 6.45) is 5.26. The molecule has 23 heavy (non-hydrogen) atoms. The topological polar surface area (TPSA) is 57.6 Å². The molecule has 1 atom stereocenters. The van der Waals surface area contributed by atoms with Crippen molar-refractivity contribution in [3.63, 3.8) is 0 Å². The van der Waals surface area contributed by atoms with E-state index in [1.54, 1.807) is 4.90 Å². The number of piperidine rings is 1. The van der Waals surface area contributed by atoms with E-state index >= 15 is 0 Å². The number of hydrogen-bond acceptors (Lipinski definition) is 2. The average Bonchev–Trinajstić information content (AvgIpc) is 3.05. The zero-order chi connectivity index (χ0) is 16.4. The van der Waals surface area contributed by atoms with Gasteiger partial charge in [-0.3, -0.25) is 9.59 Å². The zero-order valence-electron chi connectivity index (χ0n) is 13.1. The van der Waals surface area contributed by atoms with Crippen LogP contribution in [0, 0.1) is 5.92 Å². The van der Waals surface area contributed by atoms with E-state index in [-0.39, 0.29) is 5.91 Å². The lowest BCUT2D eigenvalue weighted by Crippen LogP contribution is -2.50. The summed E-state index contributed by atoms with van der Waals surface area (Å²) < 4.78 is 0.983. The minimum absolute atomic E-state index is 0.124. The molecule has 1 amide bonds. The summed E-state index contributed by atoms with van der Waals surface area (Å²) in [4.78, 5) is 26.4. The van der Waals surface area contributed by atoms with Gasteiger partial charge in [0.05, 0.1) is 11.3 Å². The van der Waals surface area contributed by atoms with E-state index in [0.29, 0.717) is 19.5 Å². The van der Waals surface area contributed by atoms with Crippen molar-refractivity contribution in [1.82, 2.24) is 4.90 Å². The summed E-state index contributed by atoms with van der Waals surface area (Å²) in [5, 5.41) is 9.28. The molecule has 124 valence electrons. The molecule has 2 aliphatic rings. The molecule has 3 rings (SSSR count).